The van der Waals surface area contributed by atoms with E-state index >= 15 is 0 Å². The fourth-order valence-electron chi connectivity index (χ4n) is 6.26. The van der Waals surface area contributed by atoms with Gasteiger partial charge in [-0.2, -0.15) is 0 Å². The first kappa shape index (κ1) is 30.8. The van der Waals surface area contributed by atoms with Crippen LogP contribution >= 0.6 is 0 Å². The average Bonchev–Trinajstić information content (AvgIpc) is 2.83. The second kappa shape index (κ2) is 12.4. The van der Waals surface area contributed by atoms with Gasteiger partial charge in [-0.05, 0) is 40.0 Å². The predicted octanol–water partition coefficient (Wildman–Crippen LogP) is 0.466. The van der Waals surface area contributed by atoms with E-state index in [2.05, 4.69) is 0 Å². The summed E-state index contributed by atoms with van der Waals surface area (Å²) in [6.45, 7) is 12.8. The third-order valence-corrected chi connectivity index (χ3v) is 8.70. The summed E-state index contributed by atoms with van der Waals surface area (Å²) in [5.41, 5.74) is 11.1. The van der Waals surface area contributed by atoms with Crippen LogP contribution in [0.2, 0.25) is 0 Å². The quantitative estimate of drug-likeness (QED) is 0.231. The van der Waals surface area contributed by atoms with E-state index in [0.29, 0.717) is 19.3 Å². The van der Waals surface area contributed by atoms with Crippen molar-refractivity contribution in [2.45, 2.75) is 129 Å². The molecule has 0 aromatic carbocycles. The molecule has 2 heterocycles. The fourth-order valence-corrected chi connectivity index (χ4v) is 6.26. The van der Waals surface area contributed by atoms with Gasteiger partial charge in [0.25, 0.3) is 0 Å². The van der Waals surface area contributed by atoms with Crippen LogP contribution < -0.4 is 11.5 Å². The van der Waals surface area contributed by atoms with Gasteiger partial charge in [0.05, 0.1) is 61.4 Å². The molecule has 10 nitrogen and oxygen atoms in total. The lowest BCUT2D eigenvalue weighted by Crippen LogP contribution is -2.69. The molecule has 208 valence electrons. The van der Waals surface area contributed by atoms with Crippen molar-refractivity contribution in [2.24, 2.45) is 28.7 Å². The van der Waals surface area contributed by atoms with Gasteiger partial charge in [0.1, 0.15) is 0 Å². The molecule has 0 aromatic heterocycles. The van der Waals surface area contributed by atoms with Crippen molar-refractivity contribution >= 4 is 0 Å². The van der Waals surface area contributed by atoms with Crippen molar-refractivity contribution in [1.29, 1.82) is 0 Å². The molecule has 0 saturated carbocycles. The topological polar surface area (TPSA) is 170 Å². The number of nitrogens with two attached hydrogens (primary N) is 2. The Balaban J connectivity index is 2.47. The average molecular weight is 507 g/mol. The molecule has 8 N–H and O–H groups in total. The van der Waals surface area contributed by atoms with Gasteiger partial charge in [0.2, 0.25) is 0 Å². The number of aliphatic hydroxyl groups excluding tert-OH is 4. The Morgan fingerprint density at radius 1 is 0.857 bits per heavy atom. The number of rotatable bonds is 11. The van der Waals surface area contributed by atoms with Gasteiger partial charge >= 0.3 is 0 Å². The highest BCUT2D eigenvalue weighted by molar-refractivity contribution is 5.08. The molecule has 11 unspecified atom stereocenters. The highest BCUT2D eigenvalue weighted by Gasteiger charge is 2.60. The molecular formula is C25H50N2O8. The summed E-state index contributed by atoms with van der Waals surface area (Å²) in [6.07, 6.45) is -3.60. The summed E-state index contributed by atoms with van der Waals surface area (Å²) < 4.78 is 24.6. The van der Waals surface area contributed by atoms with E-state index in [0.717, 1.165) is 0 Å². The lowest BCUT2D eigenvalue weighted by atomic mass is 9.56. The second-order valence-corrected chi connectivity index (χ2v) is 10.7. The fraction of sp³-hybridized carbons (Fsp3) is 1.00. The zero-order valence-electron chi connectivity index (χ0n) is 22.5. The van der Waals surface area contributed by atoms with Crippen molar-refractivity contribution in [3.8, 4) is 0 Å². The van der Waals surface area contributed by atoms with Crippen LogP contribution in [-0.4, -0.2) is 94.4 Å². The molecule has 0 aliphatic carbocycles. The lowest BCUT2D eigenvalue weighted by Gasteiger charge is -2.59. The van der Waals surface area contributed by atoms with E-state index in [-0.39, 0.29) is 25.2 Å². The van der Waals surface area contributed by atoms with Crippen LogP contribution in [0, 0.1) is 17.3 Å². The first-order valence-electron chi connectivity index (χ1n) is 13.1. The lowest BCUT2D eigenvalue weighted by molar-refractivity contribution is -0.332. The van der Waals surface area contributed by atoms with Crippen LogP contribution in [0.1, 0.15) is 67.7 Å². The van der Waals surface area contributed by atoms with E-state index in [1.54, 1.807) is 6.92 Å². The van der Waals surface area contributed by atoms with Gasteiger partial charge in [-0.1, -0.05) is 27.7 Å². The standard InChI is InChI=1S/C25H50N2O8/c1-8-24(7,35-23-18(26)20(30)14(6)15(11-28)33-23)25(9-2,10-3)17-16(12-29)34-22(32-13(4)5)19(27)21(17)31/h13-23,28-31H,8-12,26-27H2,1-7H3. The smallest absolute Gasteiger partial charge is 0.176 e. The molecule has 0 radical (unpaired) electrons. The zero-order chi connectivity index (χ0) is 26.7. The summed E-state index contributed by atoms with van der Waals surface area (Å²) in [4.78, 5) is 0. The number of ether oxygens (including phenoxy) is 4. The SMILES string of the molecule is CCC(C)(OC1OC(CO)C(C)C(O)C1N)C(CC)(CC)C1C(CO)OC(OC(C)C)C(N)C1O. The molecular weight excluding hydrogens is 456 g/mol. The molecule has 0 spiro atoms. The second-order valence-electron chi connectivity index (χ2n) is 10.7. The number of hydrogen-bond acceptors (Lipinski definition) is 10. The summed E-state index contributed by atoms with van der Waals surface area (Å²) in [5.74, 6) is -0.931. The van der Waals surface area contributed by atoms with E-state index in [1.807, 2.05) is 41.5 Å². The minimum Gasteiger partial charge on any atom is -0.394 e. The summed E-state index contributed by atoms with van der Waals surface area (Å²) in [5, 5.41) is 42.3. The van der Waals surface area contributed by atoms with Gasteiger partial charge in [0, 0.05) is 17.3 Å². The van der Waals surface area contributed by atoms with E-state index in [1.165, 1.54) is 0 Å². The predicted molar refractivity (Wildman–Crippen MR) is 131 cm³/mol. The van der Waals surface area contributed by atoms with Crippen LogP contribution in [0.3, 0.4) is 0 Å². The Hall–Kier alpha value is -0.400. The Labute approximate surface area is 210 Å². The molecule has 0 amide bonds. The number of hydrogen-bond donors (Lipinski definition) is 6. The maximum atomic E-state index is 11.5. The van der Waals surface area contributed by atoms with Crippen molar-refractivity contribution < 1.29 is 39.4 Å². The highest BCUT2D eigenvalue weighted by atomic mass is 16.7. The zero-order valence-corrected chi connectivity index (χ0v) is 22.5. The van der Waals surface area contributed by atoms with E-state index < -0.39 is 66.0 Å². The van der Waals surface area contributed by atoms with Gasteiger partial charge < -0.3 is 50.8 Å². The largest absolute Gasteiger partial charge is 0.394 e. The molecule has 35 heavy (non-hydrogen) atoms. The molecule has 10 heteroatoms. The van der Waals surface area contributed by atoms with E-state index in [4.69, 9.17) is 30.4 Å². The minimum absolute atomic E-state index is 0.168. The van der Waals surface area contributed by atoms with Crippen LogP contribution in [0.4, 0.5) is 0 Å². The van der Waals surface area contributed by atoms with Crippen LogP contribution in [-0.2, 0) is 18.9 Å². The van der Waals surface area contributed by atoms with Gasteiger partial charge in [-0.25, -0.2) is 0 Å². The third kappa shape index (κ3) is 5.72. The third-order valence-electron chi connectivity index (χ3n) is 8.70. The first-order valence-corrected chi connectivity index (χ1v) is 13.1. The van der Waals surface area contributed by atoms with Crippen molar-refractivity contribution in [3.63, 3.8) is 0 Å². The van der Waals surface area contributed by atoms with Gasteiger partial charge in [0.15, 0.2) is 12.6 Å². The van der Waals surface area contributed by atoms with Gasteiger partial charge in [-0.15, -0.1) is 0 Å². The van der Waals surface area contributed by atoms with Crippen LogP contribution in [0.25, 0.3) is 0 Å². The Morgan fingerprint density at radius 2 is 1.37 bits per heavy atom. The Bertz CT molecular complexity index is 647. The normalized spacial score (nSPS) is 40.6. The Morgan fingerprint density at radius 3 is 1.83 bits per heavy atom. The molecule has 11 atom stereocenters. The Kier molecular flexibility index (Phi) is 10.9. The van der Waals surface area contributed by atoms with Crippen LogP contribution in [0.5, 0.6) is 0 Å². The first-order chi connectivity index (χ1) is 16.4. The molecule has 2 saturated heterocycles. The number of aliphatic hydroxyl groups is 4. The molecule has 2 aliphatic heterocycles. The van der Waals surface area contributed by atoms with Crippen molar-refractivity contribution in [1.82, 2.24) is 0 Å². The highest BCUT2D eigenvalue weighted by Crippen LogP contribution is 2.54. The van der Waals surface area contributed by atoms with E-state index in [9.17, 15) is 20.4 Å². The van der Waals surface area contributed by atoms with Crippen molar-refractivity contribution in [3.05, 3.63) is 0 Å². The molecule has 2 fully saturated rings. The molecule has 2 rings (SSSR count). The maximum Gasteiger partial charge on any atom is 0.176 e. The molecule has 0 bridgehead atoms. The summed E-state index contributed by atoms with van der Waals surface area (Å²) in [6, 6.07) is -1.64. The van der Waals surface area contributed by atoms with Crippen LogP contribution in [0.15, 0.2) is 0 Å². The maximum absolute atomic E-state index is 11.5. The molecule has 2 aliphatic rings. The van der Waals surface area contributed by atoms with Crippen molar-refractivity contribution in [2.75, 3.05) is 13.2 Å². The van der Waals surface area contributed by atoms with Gasteiger partial charge in [-0.3, -0.25) is 0 Å². The molecule has 0 aromatic rings. The summed E-state index contributed by atoms with van der Waals surface area (Å²) in [7, 11) is 0. The monoisotopic (exact) mass is 506 g/mol. The summed E-state index contributed by atoms with van der Waals surface area (Å²) >= 11 is 0. The minimum atomic E-state index is -1.03.